The molecular formula is C13H16N4O4S. The zero-order valence-electron chi connectivity index (χ0n) is 11.9. The van der Waals surface area contributed by atoms with Gasteiger partial charge in [0.1, 0.15) is 0 Å². The van der Waals surface area contributed by atoms with Crippen LogP contribution >= 0.6 is 0 Å². The number of nitrogens with one attached hydrogen (secondary N) is 1. The molecule has 3 aliphatic heterocycles. The minimum Gasteiger partial charge on any atom is -0.329 e. The number of carbonyl (C=O) groups is 1. The number of sulfonamides is 1. The van der Waals surface area contributed by atoms with Gasteiger partial charge in [0, 0.05) is 13.1 Å². The fourth-order valence-corrected chi connectivity index (χ4v) is 4.50. The Morgan fingerprint density at radius 2 is 1.91 bits per heavy atom. The van der Waals surface area contributed by atoms with E-state index in [1.54, 1.807) is 23.2 Å². The molecule has 0 amide bonds. The summed E-state index contributed by atoms with van der Waals surface area (Å²) in [6, 6.07) is 4.94. The lowest BCUT2D eigenvalue weighted by Crippen LogP contribution is -2.48. The zero-order valence-corrected chi connectivity index (χ0v) is 12.7. The van der Waals surface area contributed by atoms with Crippen molar-refractivity contribution in [2.45, 2.75) is 24.2 Å². The van der Waals surface area contributed by atoms with E-state index < -0.39 is 10.0 Å². The van der Waals surface area contributed by atoms with Crippen molar-refractivity contribution in [2.75, 3.05) is 30.1 Å². The van der Waals surface area contributed by atoms with Gasteiger partial charge in [0.15, 0.2) is 0 Å². The number of rotatable bonds is 2. The molecule has 0 spiro atoms. The van der Waals surface area contributed by atoms with Gasteiger partial charge in [-0.25, -0.2) is 8.42 Å². The first-order valence-electron chi connectivity index (χ1n) is 7.25. The average Bonchev–Trinajstić information content (AvgIpc) is 3.13. The number of nitrogens with zero attached hydrogens (tertiary/aromatic N) is 3. The lowest BCUT2D eigenvalue weighted by molar-refractivity contribution is -0.193. The summed E-state index contributed by atoms with van der Waals surface area (Å²) < 4.78 is 26.7. The van der Waals surface area contributed by atoms with E-state index >= 15 is 0 Å². The number of hydrazine groups is 2. The maximum absolute atomic E-state index is 12.6. The van der Waals surface area contributed by atoms with E-state index in [1.165, 1.54) is 9.59 Å². The van der Waals surface area contributed by atoms with Gasteiger partial charge >= 0.3 is 5.97 Å². The molecule has 1 N–H and O–H groups in total. The van der Waals surface area contributed by atoms with Crippen LogP contribution in [0.1, 0.15) is 19.3 Å². The number of hydrogen-bond acceptors (Lipinski definition) is 7. The summed E-state index contributed by atoms with van der Waals surface area (Å²) in [5.74, 6) is -0.318. The van der Waals surface area contributed by atoms with Crippen LogP contribution in [0.5, 0.6) is 0 Å². The Morgan fingerprint density at radius 3 is 2.68 bits per heavy atom. The SMILES string of the molecule is O=C1CCN2c3ccc(S(=O)(=O)N4CCCC4)cc3NN2O1. The van der Waals surface area contributed by atoms with Gasteiger partial charge in [0.25, 0.3) is 0 Å². The molecule has 3 aliphatic rings. The van der Waals surface area contributed by atoms with Gasteiger partial charge in [-0.05, 0) is 31.0 Å². The Labute approximate surface area is 128 Å². The van der Waals surface area contributed by atoms with Gasteiger partial charge in [-0.1, -0.05) is 0 Å². The van der Waals surface area contributed by atoms with Gasteiger partial charge in [0.05, 0.1) is 34.5 Å². The molecule has 2 fully saturated rings. The second kappa shape index (κ2) is 4.83. The van der Waals surface area contributed by atoms with Crippen LogP contribution in [0.15, 0.2) is 23.1 Å². The molecule has 2 saturated heterocycles. The van der Waals surface area contributed by atoms with E-state index in [4.69, 9.17) is 4.84 Å². The predicted molar refractivity (Wildman–Crippen MR) is 78.0 cm³/mol. The zero-order chi connectivity index (χ0) is 15.3. The third-order valence-corrected chi connectivity index (χ3v) is 5.99. The molecule has 0 radical (unpaired) electrons. The molecule has 0 aromatic heterocycles. The average molecular weight is 324 g/mol. The highest BCUT2D eigenvalue weighted by atomic mass is 32.2. The lowest BCUT2D eigenvalue weighted by atomic mass is 10.2. The number of fused-ring (bicyclic) bond motifs is 3. The first kappa shape index (κ1) is 13.8. The highest BCUT2D eigenvalue weighted by Crippen LogP contribution is 2.37. The van der Waals surface area contributed by atoms with Crippen LogP contribution in [0.4, 0.5) is 11.4 Å². The summed E-state index contributed by atoms with van der Waals surface area (Å²) in [6.07, 6.45) is 2.10. The van der Waals surface area contributed by atoms with Gasteiger partial charge in [0.2, 0.25) is 10.0 Å². The largest absolute Gasteiger partial charge is 0.331 e. The highest BCUT2D eigenvalue weighted by Gasteiger charge is 2.36. The van der Waals surface area contributed by atoms with Gasteiger partial charge in [-0.15, -0.1) is 0 Å². The molecule has 9 heteroatoms. The Kier molecular flexibility index (Phi) is 3.03. The quantitative estimate of drug-likeness (QED) is 0.857. The molecule has 0 aliphatic carbocycles. The molecule has 1 aromatic rings. The van der Waals surface area contributed by atoms with E-state index in [2.05, 4.69) is 5.43 Å². The van der Waals surface area contributed by atoms with Crippen molar-refractivity contribution in [2.24, 2.45) is 0 Å². The third kappa shape index (κ3) is 2.04. The number of anilines is 2. The number of carbonyl (C=O) groups excluding carboxylic acids is 1. The molecule has 0 saturated carbocycles. The molecule has 1 aromatic carbocycles. The van der Waals surface area contributed by atoms with Crippen LogP contribution in [0.3, 0.4) is 0 Å². The van der Waals surface area contributed by atoms with E-state index in [-0.39, 0.29) is 10.9 Å². The Morgan fingerprint density at radius 1 is 1.14 bits per heavy atom. The maximum Gasteiger partial charge on any atom is 0.331 e. The summed E-state index contributed by atoms with van der Waals surface area (Å²) in [5.41, 5.74) is 4.32. The summed E-state index contributed by atoms with van der Waals surface area (Å²) in [4.78, 5) is 16.6. The summed E-state index contributed by atoms with van der Waals surface area (Å²) in [6.45, 7) is 1.64. The van der Waals surface area contributed by atoms with Crippen molar-refractivity contribution in [1.82, 2.24) is 9.59 Å². The van der Waals surface area contributed by atoms with Crippen molar-refractivity contribution in [1.29, 1.82) is 0 Å². The fourth-order valence-electron chi connectivity index (χ4n) is 2.95. The third-order valence-electron chi connectivity index (χ3n) is 4.10. The molecule has 118 valence electrons. The van der Waals surface area contributed by atoms with Gasteiger partial charge in [-0.2, -0.15) is 4.31 Å². The van der Waals surface area contributed by atoms with Crippen molar-refractivity contribution in [3.8, 4) is 0 Å². The fraction of sp³-hybridized carbons (Fsp3) is 0.462. The van der Waals surface area contributed by atoms with E-state index in [1.807, 2.05) is 0 Å². The molecular weight excluding hydrogens is 308 g/mol. The Hall–Kier alpha value is -1.84. The summed E-state index contributed by atoms with van der Waals surface area (Å²) in [5, 5.41) is 3.02. The van der Waals surface area contributed by atoms with Crippen LogP contribution < -0.4 is 10.4 Å². The summed E-state index contributed by atoms with van der Waals surface area (Å²) >= 11 is 0. The Bertz CT molecular complexity index is 730. The van der Waals surface area contributed by atoms with E-state index in [9.17, 15) is 13.2 Å². The van der Waals surface area contributed by atoms with Crippen LogP contribution in [0.25, 0.3) is 0 Å². The highest BCUT2D eigenvalue weighted by molar-refractivity contribution is 7.89. The van der Waals surface area contributed by atoms with Crippen LogP contribution in [0.2, 0.25) is 0 Å². The topological polar surface area (TPSA) is 82.2 Å². The van der Waals surface area contributed by atoms with Crippen molar-refractivity contribution < 1.29 is 18.0 Å². The van der Waals surface area contributed by atoms with Crippen LogP contribution in [-0.2, 0) is 19.7 Å². The first-order chi connectivity index (χ1) is 10.6. The second-order valence-corrected chi connectivity index (χ2v) is 7.45. The van der Waals surface area contributed by atoms with Crippen molar-refractivity contribution >= 4 is 27.4 Å². The minimum atomic E-state index is -3.46. The molecule has 3 heterocycles. The monoisotopic (exact) mass is 324 g/mol. The van der Waals surface area contributed by atoms with Crippen LogP contribution in [0, 0.1) is 0 Å². The van der Waals surface area contributed by atoms with Crippen LogP contribution in [-0.4, -0.2) is 43.6 Å². The molecule has 8 nitrogen and oxygen atoms in total. The normalized spacial score (nSPS) is 22.2. The standard InChI is InChI=1S/C13H16N4O4S/c18-13-5-8-16-12-4-3-10(9-11(12)14-17(16)21-13)22(19,20)15-6-1-2-7-15/h3-4,9,14H,1-2,5-8H2. The van der Waals surface area contributed by atoms with Gasteiger partial charge in [-0.3, -0.25) is 15.2 Å². The van der Waals surface area contributed by atoms with E-state index in [0.29, 0.717) is 31.7 Å². The first-order valence-corrected chi connectivity index (χ1v) is 8.69. The van der Waals surface area contributed by atoms with Gasteiger partial charge < -0.3 is 4.84 Å². The maximum atomic E-state index is 12.6. The molecule has 22 heavy (non-hydrogen) atoms. The second-order valence-electron chi connectivity index (χ2n) is 5.51. The predicted octanol–water partition coefficient (Wildman–Crippen LogP) is 0.697. The molecule has 0 atom stereocenters. The number of benzene rings is 1. The lowest BCUT2D eigenvalue weighted by Gasteiger charge is -2.30. The summed E-state index contributed by atoms with van der Waals surface area (Å²) in [7, 11) is -3.46. The minimum absolute atomic E-state index is 0.257. The van der Waals surface area contributed by atoms with Crippen molar-refractivity contribution in [3.05, 3.63) is 18.2 Å². The van der Waals surface area contributed by atoms with E-state index in [0.717, 1.165) is 18.5 Å². The molecule has 4 rings (SSSR count). The smallest absolute Gasteiger partial charge is 0.329 e. The Balaban J connectivity index is 1.66. The molecule has 0 unspecified atom stereocenters. The number of hydrogen-bond donors (Lipinski definition) is 1. The molecule has 0 bridgehead atoms. The van der Waals surface area contributed by atoms with Crippen molar-refractivity contribution in [3.63, 3.8) is 0 Å².